The molecule has 0 atom stereocenters. The maximum absolute atomic E-state index is 13.4. The lowest BCUT2D eigenvalue weighted by Gasteiger charge is -2.28. The van der Waals surface area contributed by atoms with Crippen molar-refractivity contribution >= 4 is 57.4 Å². The van der Waals surface area contributed by atoms with Gasteiger partial charge in [-0.05, 0) is 73.2 Å². The molecule has 1 N–H and O–H groups in total. The highest BCUT2D eigenvalue weighted by atomic mass is 35.5. The maximum Gasteiger partial charge on any atom is 0.282 e. The lowest BCUT2D eigenvalue weighted by atomic mass is 10.1. The molecule has 32 heavy (non-hydrogen) atoms. The molecule has 1 saturated heterocycles. The van der Waals surface area contributed by atoms with Crippen LogP contribution in [-0.2, 0) is 9.59 Å². The van der Waals surface area contributed by atoms with Crippen LogP contribution in [0, 0.1) is 0 Å². The van der Waals surface area contributed by atoms with Crippen LogP contribution in [0.3, 0.4) is 0 Å². The number of carbonyl (C=O) groups excluding carboxylic acids is 2. The molecule has 2 aliphatic heterocycles. The predicted molar refractivity (Wildman–Crippen MR) is 131 cm³/mol. The maximum atomic E-state index is 13.4. The van der Waals surface area contributed by atoms with Gasteiger partial charge < -0.3 is 10.2 Å². The highest BCUT2D eigenvalue weighted by Gasteiger charge is 2.40. The molecule has 3 heterocycles. The van der Waals surface area contributed by atoms with Gasteiger partial charge in [-0.1, -0.05) is 23.7 Å². The number of hydrogen-bond acceptors (Lipinski definition) is 5. The van der Waals surface area contributed by atoms with Crippen molar-refractivity contribution in [2.75, 3.05) is 28.2 Å². The SMILES string of the molecule is O=C1C(Nc2ccc(N3CCCCC3)cc2)=C(c2cccs2)C(=O)N1c1cccc(Cl)c1. The van der Waals surface area contributed by atoms with Crippen LogP contribution in [-0.4, -0.2) is 24.9 Å². The Kier molecular flexibility index (Phi) is 5.72. The van der Waals surface area contributed by atoms with E-state index in [2.05, 4.69) is 22.3 Å². The van der Waals surface area contributed by atoms with E-state index in [0.29, 0.717) is 16.3 Å². The first-order chi connectivity index (χ1) is 15.6. The Bertz CT molecular complexity index is 1180. The van der Waals surface area contributed by atoms with Crippen molar-refractivity contribution in [3.8, 4) is 0 Å². The fraction of sp³-hybridized carbons (Fsp3) is 0.200. The van der Waals surface area contributed by atoms with E-state index in [0.717, 1.165) is 23.7 Å². The third kappa shape index (κ3) is 3.92. The van der Waals surface area contributed by atoms with Gasteiger partial charge in [0.25, 0.3) is 11.8 Å². The number of piperidine rings is 1. The standard InChI is InChI=1S/C25H22ClN3O2S/c26-17-6-4-7-20(16-17)29-24(30)22(21-8-5-15-32-21)23(25(29)31)27-18-9-11-19(12-10-18)28-13-2-1-3-14-28/h4-12,15-16,27H,1-3,13-14H2. The first-order valence-electron chi connectivity index (χ1n) is 10.7. The molecule has 5 nitrogen and oxygen atoms in total. The van der Waals surface area contributed by atoms with Crippen molar-refractivity contribution < 1.29 is 9.59 Å². The smallest absolute Gasteiger partial charge is 0.282 e. The Morgan fingerprint density at radius 3 is 2.31 bits per heavy atom. The second-order valence-corrected chi connectivity index (χ2v) is 9.26. The van der Waals surface area contributed by atoms with Crippen LogP contribution >= 0.6 is 22.9 Å². The molecule has 1 fully saturated rings. The van der Waals surface area contributed by atoms with Crippen LogP contribution in [0.5, 0.6) is 0 Å². The minimum atomic E-state index is -0.388. The molecule has 0 radical (unpaired) electrons. The number of nitrogens with one attached hydrogen (secondary N) is 1. The van der Waals surface area contributed by atoms with Gasteiger partial charge >= 0.3 is 0 Å². The van der Waals surface area contributed by atoms with E-state index in [9.17, 15) is 9.59 Å². The number of thiophene rings is 1. The Hall–Kier alpha value is -3.09. The van der Waals surface area contributed by atoms with Crippen LogP contribution < -0.4 is 15.1 Å². The number of carbonyl (C=O) groups is 2. The van der Waals surface area contributed by atoms with Gasteiger partial charge in [-0.15, -0.1) is 11.3 Å². The zero-order valence-corrected chi connectivity index (χ0v) is 19.0. The molecule has 7 heteroatoms. The summed E-state index contributed by atoms with van der Waals surface area (Å²) in [4.78, 5) is 31.1. The van der Waals surface area contributed by atoms with Gasteiger partial charge in [0.2, 0.25) is 0 Å². The highest BCUT2D eigenvalue weighted by molar-refractivity contribution is 7.11. The minimum absolute atomic E-state index is 0.281. The second kappa shape index (κ2) is 8.81. The Morgan fingerprint density at radius 2 is 1.62 bits per heavy atom. The average Bonchev–Trinajstić information content (AvgIpc) is 3.41. The molecule has 2 amide bonds. The fourth-order valence-corrected chi connectivity index (χ4v) is 5.15. The van der Waals surface area contributed by atoms with Gasteiger partial charge in [-0.2, -0.15) is 0 Å². The Morgan fingerprint density at radius 1 is 0.844 bits per heavy atom. The van der Waals surface area contributed by atoms with Crippen LogP contribution in [0.25, 0.3) is 5.57 Å². The van der Waals surface area contributed by atoms with E-state index >= 15 is 0 Å². The number of anilines is 3. The molecule has 1 aromatic heterocycles. The summed E-state index contributed by atoms with van der Waals surface area (Å²) in [6, 6.07) is 18.6. The lowest BCUT2D eigenvalue weighted by molar-refractivity contribution is -0.120. The molecule has 2 aliphatic rings. The van der Waals surface area contributed by atoms with Crippen LogP contribution in [0.1, 0.15) is 24.1 Å². The molecule has 0 saturated carbocycles. The van der Waals surface area contributed by atoms with Gasteiger partial charge in [-0.3, -0.25) is 9.59 Å². The predicted octanol–water partition coefficient (Wildman–Crippen LogP) is 5.79. The largest absolute Gasteiger partial charge is 0.372 e. The molecule has 0 bridgehead atoms. The van der Waals surface area contributed by atoms with Crippen molar-refractivity contribution in [1.29, 1.82) is 0 Å². The summed E-state index contributed by atoms with van der Waals surface area (Å²) in [6.45, 7) is 2.14. The molecule has 0 unspecified atom stereocenters. The van der Waals surface area contributed by atoms with Crippen molar-refractivity contribution in [3.63, 3.8) is 0 Å². The molecule has 0 spiro atoms. The summed E-state index contributed by atoms with van der Waals surface area (Å²) in [6.07, 6.45) is 3.72. The second-order valence-electron chi connectivity index (χ2n) is 7.87. The topological polar surface area (TPSA) is 52.7 Å². The highest BCUT2D eigenvalue weighted by Crippen LogP contribution is 2.36. The monoisotopic (exact) mass is 463 g/mol. The van der Waals surface area contributed by atoms with Crippen LogP contribution in [0.4, 0.5) is 17.1 Å². The van der Waals surface area contributed by atoms with E-state index in [1.807, 2.05) is 29.6 Å². The molecule has 0 aliphatic carbocycles. The number of benzene rings is 2. The van der Waals surface area contributed by atoms with Gasteiger partial charge in [0, 0.05) is 34.4 Å². The van der Waals surface area contributed by atoms with Crippen LogP contribution in [0.15, 0.2) is 71.7 Å². The van der Waals surface area contributed by atoms with E-state index in [4.69, 9.17) is 11.6 Å². The fourth-order valence-electron chi connectivity index (χ4n) is 4.20. The molecular formula is C25H22ClN3O2S. The van der Waals surface area contributed by atoms with Gasteiger partial charge in [-0.25, -0.2) is 4.90 Å². The first-order valence-corrected chi connectivity index (χ1v) is 11.9. The summed E-state index contributed by atoms with van der Waals surface area (Å²) >= 11 is 7.55. The zero-order valence-electron chi connectivity index (χ0n) is 17.4. The van der Waals surface area contributed by atoms with Gasteiger partial charge in [0.15, 0.2) is 0 Å². The molecule has 2 aromatic carbocycles. The van der Waals surface area contributed by atoms with E-state index in [1.54, 1.807) is 24.3 Å². The van der Waals surface area contributed by atoms with Gasteiger partial charge in [0.1, 0.15) is 5.70 Å². The number of hydrogen-bond donors (Lipinski definition) is 1. The third-order valence-corrected chi connectivity index (χ3v) is 6.90. The number of nitrogens with zero attached hydrogens (tertiary/aromatic N) is 2. The molecule has 162 valence electrons. The molecular weight excluding hydrogens is 442 g/mol. The Balaban J connectivity index is 1.47. The average molecular weight is 464 g/mol. The van der Waals surface area contributed by atoms with Crippen LogP contribution in [0.2, 0.25) is 5.02 Å². The lowest BCUT2D eigenvalue weighted by Crippen LogP contribution is -2.32. The van der Waals surface area contributed by atoms with Crippen molar-refractivity contribution in [2.45, 2.75) is 19.3 Å². The van der Waals surface area contributed by atoms with Crippen molar-refractivity contribution in [1.82, 2.24) is 0 Å². The van der Waals surface area contributed by atoms with Crippen molar-refractivity contribution in [3.05, 3.63) is 81.6 Å². The summed E-state index contributed by atoms with van der Waals surface area (Å²) in [7, 11) is 0. The Labute approximate surface area is 195 Å². The summed E-state index contributed by atoms with van der Waals surface area (Å²) < 4.78 is 0. The molecule has 5 rings (SSSR count). The quantitative estimate of drug-likeness (QED) is 0.487. The summed E-state index contributed by atoms with van der Waals surface area (Å²) in [5, 5.41) is 5.59. The van der Waals surface area contributed by atoms with Gasteiger partial charge in [0.05, 0.1) is 11.3 Å². The normalized spacial score (nSPS) is 16.8. The third-order valence-electron chi connectivity index (χ3n) is 5.78. The summed E-state index contributed by atoms with van der Waals surface area (Å²) in [5.41, 5.74) is 3.06. The van der Waals surface area contributed by atoms with E-state index < -0.39 is 0 Å². The number of amides is 2. The summed E-state index contributed by atoms with van der Waals surface area (Å²) in [5.74, 6) is -0.743. The van der Waals surface area contributed by atoms with E-state index in [1.165, 1.54) is 41.2 Å². The first kappa shape index (κ1) is 20.8. The minimum Gasteiger partial charge on any atom is -0.372 e. The van der Waals surface area contributed by atoms with E-state index in [-0.39, 0.29) is 17.5 Å². The molecule has 3 aromatic rings. The number of rotatable bonds is 5. The number of imide groups is 1. The number of halogens is 1. The zero-order chi connectivity index (χ0) is 22.1. The van der Waals surface area contributed by atoms with Crippen molar-refractivity contribution in [2.24, 2.45) is 0 Å².